The van der Waals surface area contributed by atoms with Crippen molar-refractivity contribution in [3.05, 3.63) is 53.6 Å². The largest absolute Gasteiger partial charge is 0.337 e. The highest BCUT2D eigenvalue weighted by Crippen LogP contribution is 2.11. The molecular weight excluding hydrogens is 260 g/mol. The van der Waals surface area contributed by atoms with Crippen molar-refractivity contribution in [2.45, 2.75) is 20.0 Å². The van der Waals surface area contributed by atoms with Gasteiger partial charge in [-0.1, -0.05) is 29.8 Å². The molecule has 0 amide bonds. The maximum atomic E-state index is 4.41. The molecule has 1 aromatic heterocycles. The predicted octanol–water partition coefficient (Wildman–Crippen LogP) is 2.05. The van der Waals surface area contributed by atoms with Gasteiger partial charge >= 0.3 is 0 Å². The topological polar surface area (TPSA) is 24.3 Å². The Morgan fingerprint density at radius 3 is 2.38 bits per heavy atom. The molecular formula is C17H24N4. The molecule has 4 nitrogen and oxygen atoms in total. The van der Waals surface area contributed by atoms with E-state index in [4.69, 9.17) is 0 Å². The van der Waals surface area contributed by atoms with E-state index in [1.807, 2.05) is 12.4 Å². The van der Waals surface area contributed by atoms with Gasteiger partial charge in [-0.05, 0) is 12.5 Å². The molecule has 1 aromatic carbocycles. The molecule has 0 saturated carbocycles. The molecule has 1 aliphatic rings. The number of piperazine rings is 1. The fraction of sp³-hybridized carbons (Fsp3) is 0.471. The van der Waals surface area contributed by atoms with Crippen LogP contribution in [0, 0.1) is 6.92 Å². The van der Waals surface area contributed by atoms with E-state index in [9.17, 15) is 0 Å². The van der Waals surface area contributed by atoms with Crippen molar-refractivity contribution in [2.24, 2.45) is 7.05 Å². The lowest BCUT2D eigenvalue weighted by Gasteiger charge is -2.34. The lowest BCUT2D eigenvalue weighted by atomic mass is 10.1. The van der Waals surface area contributed by atoms with Crippen molar-refractivity contribution >= 4 is 0 Å². The standard InChI is InChI=1S/C17H24N4/c1-15-4-3-5-16(12-15)13-20-8-10-21(11-9-20)14-17-18-6-7-19(17)2/h3-7,12H,8-11,13-14H2,1-2H3. The van der Waals surface area contributed by atoms with E-state index in [0.717, 1.165) is 45.1 Å². The first-order valence-electron chi connectivity index (χ1n) is 7.67. The van der Waals surface area contributed by atoms with Gasteiger partial charge in [0.15, 0.2) is 0 Å². The highest BCUT2D eigenvalue weighted by Gasteiger charge is 2.18. The molecule has 0 radical (unpaired) electrons. The molecule has 0 aliphatic carbocycles. The van der Waals surface area contributed by atoms with E-state index in [1.54, 1.807) is 0 Å². The van der Waals surface area contributed by atoms with E-state index in [1.165, 1.54) is 11.1 Å². The van der Waals surface area contributed by atoms with Crippen molar-refractivity contribution in [1.29, 1.82) is 0 Å². The van der Waals surface area contributed by atoms with Gasteiger partial charge < -0.3 is 4.57 Å². The fourth-order valence-electron chi connectivity index (χ4n) is 2.92. The third-order valence-electron chi connectivity index (χ3n) is 4.24. The van der Waals surface area contributed by atoms with Gasteiger partial charge in [-0.2, -0.15) is 0 Å². The molecule has 1 fully saturated rings. The van der Waals surface area contributed by atoms with Gasteiger partial charge in [0, 0.05) is 52.2 Å². The normalized spacial score (nSPS) is 17.2. The zero-order valence-corrected chi connectivity index (χ0v) is 13.0. The zero-order chi connectivity index (χ0) is 14.7. The number of aromatic nitrogens is 2. The van der Waals surface area contributed by atoms with Crippen LogP contribution in [0.2, 0.25) is 0 Å². The van der Waals surface area contributed by atoms with Crippen LogP contribution in [0.4, 0.5) is 0 Å². The first-order valence-corrected chi connectivity index (χ1v) is 7.67. The van der Waals surface area contributed by atoms with Gasteiger partial charge in [0.1, 0.15) is 5.82 Å². The molecule has 3 rings (SSSR count). The molecule has 4 heteroatoms. The monoisotopic (exact) mass is 284 g/mol. The van der Waals surface area contributed by atoms with Crippen LogP contribution >= 0.6 is 0 Å². The molecule has 1 saturated heterocycles. The molecule has 0 atom stereocenters. The van der Waals surface area contributed by atoms with Gasteiger partial charge in [0.25, 0.3) is 0 Å². The second kappa shape index (κ2) is 6.41. The highest BCUT2D eigenvalue weighted by atomic mass is 15.3. The quantitative estimate of drug-likeness (QED) is 0.859. The Morgan fingerprint density at radius 2 is 1.76 bits per heavy atom. The summed E-state index contributed by atoms with van der Waals surface area (Å²) in [6.07, 6.45) is 3.90. The van der Waals surface area contributed by atoms with Crippen LogP contribution in [0.25, 0.3) is 0 Å². The Hall–Kier alpha value is -1.65. The summed E-state index contributed by atoms with van der Waals surface area (Å²) in [5, 5.41) is 0. The van der Waals surface area contributed by atoms with Crippen LogP contribution in [0.5, 0.6) is 0 Å². The van der Waals surface area contributed by atoms with Crippen LogP contribution < -0.4 is 0 Å². The van der Waals surface area contributed by atoms with E-state index >= 15 is 0 Å². The average molecular weight is 284 g/mol. The minimum Gasteiger partial charge on any atom is -0.337 e. The van der Waals surface area contributed by atoms with Gasteiger partial charge in [0.2, 0.25) is 0 Å². The minimum absolute atomic E-state index is 0.960. The maximum absolute atomic E-state index is 4.41. The number of rotatable bonds is 4. The lowest BCUT2D eigenvalue weighted by Crippen LogP contribution is -2.45. The lowest BCUT2D eigenvalue weighted by molar-refractivity contribution is 0.119. The van der Waals surface area contributed by atoms with Crippen molar-refractivity contribution in [2.75, 3.05) is 26.2 Å². The molecule has 112 valence electrons. The summed E-state index contributed by atoms with van der Waals surface area (Å²) in [7, 11) is 2.07. The van der Waals surface area contributed by atoms with Gasteiger partial charge in [-0.3, -0.25) is 9.80 Å². The summed E-state index contributed by atoms with van der Waals surface area (Å²) in [6.45, 7) is 8.71. The van der Waals surface area contributed by atoms with Gasteiger partial charge in [0.05, 0.1) is 6.54 Å². The smallest absolute Gasteiger partial charge is 0.122 e. The second-order valence-electron chi connectivity index (χ2n) is 6.00. The number of imidazole rings is 1. The summed E-state index contributed by atoms with van der Waals surface area (Å²) >= 11 is 0. The third kappa shape index (κ3) is 3.71. The molecule has 0 spiro atoms. The maximum Gasteiger partial charge on any atom is 0.122 e. The number of hydrogen-bond donors (Lipinski definition) is 0. The summed E-state index contributed by atoms with van der Waals surface area (Å²) < 4.78 is 2.11. The molecule has 2 heterocycles. The van der Waals surface area contributed by atoms with E-state index in [0.29, 0.717) is 0 Å². The summed E-state index contributed by atoms with van der Waals surface area (Å²) in [6, 6.07) is 8.84. The van der Waals surface area contributed by atoms with Crippen LogP contribution in [0.1, 0.15) is 17.0 Å². The number of hydrogen-bond acceptors (Lipinski definition) is 3. The Kier molecular flexibility index (Phi) is 4.36. The summed E-state index contributed by atoms with van der Waals surface area (Å²) in [4.78, 5) is 9.45. The number of nitrogens with zero attached hydrogens (tertiary/aromatic N) is 4. The Labute approximate surface area is 127 Å². The van der Waals surface area contributed by atoms with Crippen molar-refractivity contribution in [3.8, 4) is 0 Å². The highest BCUT2D eigenvalue weighted by molar-refractivity contribution is 5.22. The molecule has 0 bridgehead atoms. The third-order valence-corrected chi connectivity index (χ3v) is 4.24. The molecule has 2 aromatic rings. The van der Waals surface area contributed by atoms with Crippen LogP contribution in [0.15, 0.2) is 36.7 Å². The Balaban J connectivity index is 1.50. The first kappa shape index (κ1) is 14.3. The van der Waals surface area contributed by atoms with Crippen LogP contribution in [0.3, 0.4) is 0 Å². The molecule has 21 heavy (non-hydrogen) atoms. The molecule has 1 aliphatic heterocycles. The van der Waals surface area contributed by atoms with Crippen molar-refractivity contribution < 1.29 is 0 Å². The van der Waals surface area contributed by atoms with E-state index < -0.39 is 0 Å². The summed E-state index contributed by atoms with van der Waals surface area (Å²) in [5.41, 5.74) is 2.77. The van der Waals surface area contributed by atoms with Crippen molar-refractivity contribution in [1.82, 2.24) is 19.4 Å². The van der Waals surface area contributed by atoms with Crippen LogP contribution in [-0.2, 0) is 20.1 Å². The van der Waals surface area contributed by atoms with Gasteiger partial charge in [-0.15, -0.1) is 0 Å². The summed E-state index contributed by atoms with van der Waals surface area (Å²) in [5.74, 6) is 1.15. The van der Waals surface area contributed by atoms with Crippen molar-refractivity contribution in [3.63, 3.8) is 0 Å². The van der Waals surface area contributed by atoms with Crippen LogP contribution in [-0.4, -0.2) is 45.5 Å². The van der Waals surface area contributed by atoms with E-state index in [2.05, 4.69) is 57.6 Å². The fourth-order valence-corrected chi connectivity index (χ4v) is 2.92. The average Bonchev–Trinajstić information content (AvgIpc) is 2.87. The first-order chi connectivity index (χ1) is 10.2. The SMILES string of the molecule is Cc1cccc(CN2CCN(Cc3nccn3C)CC2)c1. The molecule has 0 unspecified atom stereocenters. The Morgan fingerprint density at radius 1 is 1.05 bits per heavy atom. The van der Waals surface area contributed by atoms with Gasteiger partial charge in [-0.25, -0.2) is 4.98 Å². The predicted molar refractivity (Wildman–Crippen MR) is 84.9 cm³/mol. The number of benzene rings is 1. The van der Waals surface area contributed by atoms with E-state index in [-0.39, 0.29) is 0 Å². The zero-order valence-electron chi connectivity index (χ0n) is 13.0. The molecule has 0 N–H and O–H groups in total. The Bertz CT molecular complexity index is 582. The second-order valence-corrected chi connectivity index (χ2v) is 6.00. The number of aryl methyl sites for hydroxylation is 2. The minimum atomic E-state index is 0.960.